The third-order valence-corrected chi connectivity index (χ3v) is 11.9. The van der Waals surface area contributed by atoms with Gasteiger partial charge in [-0.2, -0.15) is 0 Å². The third kappa shape index (κ3) is 18.1. The van der Waals surface area contributed by atoms with Crippen LogP contribution in [0.5, 0.6) is 0 Å². The van der Waals surface area contributed by atoms with Crippen LogP contribution >= 0.6 is 0 Å². The number of aliphatic hydroxyl groups excluding tert-OH is 4. The summed E-state index contributed by atoms with van der Waals surface area (Å²) in [6.45, 7) is 7.41. The zero-order valence-electron chi connectivity index (χ0n) is 38.3. The Labute approximate surface area is 418 Å². The second kappa shape index (κ2) is 25.7. The van der Waals surface area contributed by atoms with E-state index in [1.807, 2.05) is 27.7 Å². The van der Waals surface area contributed by atoms with Crippen molar-refractivity contribution in [2.24, 2.45) is 0 Å². The molecule has 0 amide bonds. The molecule has 0 aliphatic carbocycles. The Kier molecular flexibility index (Phi) is 22.5. The molecule has 2 aromatic heterocycles. The monoisotopic (exact) mass is 1000 g/mol. The van der Waals surface area contributed by atoms with Gasteiger partial charge in [-0.05, 0) is 60.4 Å². The zero-order chi connectivity index (χ0) is 49.8. The summed E-state index contributed by atoms with van der Waals surface area (Å²) in [7, 11) is -4.65. The van der Waals surface area contributed by atoms with E-state index >= 15 is 0 Å². The van der Waals surface area contributed by atoms with Crippen molar-refractivity contribution < 1.29 is 65.8 Å². The van der Waals surface area contributed by atoms with Gasteiger partial charge in [-0.15, -0.1) is 0 Å². The van der Waals surface area contributed by atoms with Crippen molar-refractivity contribution in [2.45, 2.75) is 89.6 Å². The first-order valence-electron chi connectivity index (χ1n) is 20.3. The van der Waals surface area contributed by atoms with Crippen molar-refractivity contribution in [1.29, 1.82) is 0 Å². The van der Waals surface area contributed by atoms with Gasteiger partial charge >= 0.3 is 49.7 Å². The van der Waals surface area contributed by atoms with Gasteiger partial charge in [-0.25, -0.2) is 54.2 Å². The van der Waals surface area contributed by atoms with Crippen LogP contribution < -0.4 is 8.61 Å². The standard InChI is InChI=1S/2C22H28FN3O6S.Ca/c2*1-13(2)20-18(10-9-16(27)11-17(28)12-19(29)30)21(14-5-7-15(23)8-6-14)25-22(24-20)26(3)33(4,31)32;/h2*5-10,13,16-17,27-28H,11-12H2,1-4H3,(H,29,30);/q;;+2/b2*10-9+;/t2*16-,17-;/m11./s1. The average molecular weight is 1000 g/mol. The van der Waals surface area contributed by atoms with E-state index in [1.54, 1.807) is 0 Å². The number of hydrogen-bond donors (Lipinski definition) is 6. The molecule has 0 bridgehead atoms. The first-order valence-corrected chi connectivity index (χ1v) is 24.0. The molecule has 0 aliphatic rings. The Morgan fingerprint density at radius 3 is 1.15 bits per heavy atom. The predicted octanol–water partition coefficient (Wildman–Crippen LogP) is 4.42. The van der Waals surface area contributed by atoms with Crippen molar-refractivity contribution in [2.75, 3.05) is 35.2 Å². The molecule has 0 saturated carbocycles. The molecule has 0 radical (unpaired) electrons. The fraction of sp³-hybridized carbons (Fsp3) is 0.409. The molecule has 2 aromatic carbocycles. The number of aromatic nitrogens is 4. The fourth-order valence-electron chi connectivity index (χ4n) is 6.09. The topological polar surface area (TPSA) is 282 Å². The molecule has 0 aliphatic heterocycles. The van der Waals surface area contributed by atoms with Crippen molar-refractivity contribution in [3.8, 4) is 22.5 Å². The van der Waals surface area contributed by atoms with Gasteiger partial charge in [0.05, 0.1) is 72.5 Å². The number of sulfonamides is 2. The molecule has 4 aromatic rings. The van der Waals surface area contributed by atoms with E-state index in [4.69, 9.17) is 10.2 Å². The van der Waals surface area contributed by atoms with Gasteiger partial charge in [0.1, 0.15) is 11.6 Å². The van der Waals surface area contributed by atoms with E-state index in [-0.39, 0.29) is 74.3 Å². The largest absolute Gasteiger partial charge is 2.00 e. The van der Waals surface area contributed by atoms with Crippen LogP contribution in [0.3, 0.4) is 0 Å². The summed E-state index contributed by atoms with van der Waals surface area (Å²) in [6, 6.07) is 11.0. The van der Waals surface area contributed by atoms with E-state index < -0.39 is 80.9 Å². The first kappa shape index (κ1) is 58.6. The van der Waals surface area contributed by atoms with E-state index in [1.165, 1.54) is 86.9 Å². The smallest absolute Gasteiger partial charge is 0.481 e. The molecule has 0 saturated heterocycles. The van der Waals surface area contributed by atoms with E-state index in [2.05, 4.69) is 19.9 Å². The average Bonchev–Trinajstić information content (AvgIpc) is 3.20. The van der Waals surface area contributed by atoms with Gasteiger partial charge in [-0.1, -0.05) is 52.0 Å². The van der Waals surface area contributed by atoms with Gasteiger partial charge < -0.3 is 30.6 Å². The molecule has 6 N–H and O–H groups in total. The molecule has 18 nitrogen and oxygen atoms in total. The van der Waals surface area contributed by atoms with E-state index in [9.17, 15) is 55.6 Å². The van der Waals surface area contributed by atoms with Crippen molar-refractivity contribution in [1.82, 2.24) is 19.9 Å². The summed E-state index contributed by atoms with van der Waals surface area (Å²) in [6.07, 6.45) is 1.72. The Balaban J connectivity index is 0.000000453. The molecular weight excluding hydrogens is 947 g/mol. The van der Waals surface area contributed by atoms with Crippen LogP contribution in [0, 0.1) is 11.6 Å². The molecule has 0 unspecified atom stereocenters. The molecule has 67 heavy (non-hydrogen) atoms. The summed E-state index contributed by atoms with van der Waals surface area (Å²) >= 11 is 0. The summed E-state index contributed by atoms with van der Waals surface area (Å²) in [4.78, 5) is 39.1. The van der Waals surface area contributed by atoms with E-state index in [0.717, 1.165) is 21.1 Å². The molecule has 4 atom stereocenters. The number of nitrogens with zero attached hydrogens (tertiary/aromatic N) is 6. The van der Waals surface area contributed by atoms with Gasteiger partial charge in [-0.3, -0.25) is 9.59 Å². The summed E-state index contributed by atoms with van der Waals surface area (Å²) in [5.74, 6) is -3.74. The Bertz CT molecular complexity index is 2430. The number of carbonyl (C=O) groups is 2. The maximum Gasteiger partial charge on any atom is 2.00 e. The number of carboxylic acid groups (broad SMARTS) is 2. The summed E-state index contributed by atoms with van der Waals surface area (Å²) in [5, 5.41) is 57.6. The van der Waals surface area contributed by atoms with Crippen LogP contribution in [0.1, 0.15) is 87.7 Å². The molecule has 0 fully saturated rings. The molecule has 4 rings (SSSR count). The Morgan fingerprint density at radius 1 is 0.597 bits per heavy atom. The van der Waals surface area contributed by atoms with Crippen LogP contribution in [-0.4, -0.2) is 168 Å². The predicted molar refractivity (Wildman–Crippen MR) is 251 cm³/mol. The Morgan fingerprint density at radius 2 is 0.896 bits per heavy atom. The molecule has 0 spiro atoms. The zero-order valence-corrected chi connectivity index (χ0v) is 42.2. The minimum Gasteiger partial charge on any atom is -0.481 e. The summed E-state index contributed by atoms with van der Waals surface area (Å²) in [5.41, 5.74) is 3.60. The maximum atomic E-state index is 13.5. The number of carboxylic acids is 2. The minimum absolute atomic E-state index is 0. The number of aliphatic carboxylic acids is 2. The molecule has 23 heteroatoms. The third-order valence-electron chi connectivity index (χ3n) is 9.63. The summed E-state index contributed by atoms with van der Waals surface area (Å²) < 4.78 is 77.2. The normalized spacial score (nSPS) is 13.7. The SMILES string of the molecule is CC(C)c1nc(N(C)S(C)(=O)=O)nc(-c2ccc(F)cc2)c1/C=C/[C@@H](O)C[C@@H](O)CC(=O)O.CC(C)c1nc(N(C)S(C)(=O)=O)nc(-c2ccc(F)cc2)c1/C=C/[C@@H](O)C[C@@H](O)CC(=O)O.[Ca+2]. The van der Waals surface area contributed by atoms with Gasteiger partial charge in [0.15, 0.2) is 0 Å². The second-order valence-electron chi connectivity index (χ2n) is 16.0. The van der Waals surface area contributed by atoms with Crippen LogP contribution in [0.15, 0.2) is 60.7 Å². The van der Waals surface area contributed by atoms with Crippen LogP contribution in [0.25, 0.3) is 34.7 Å². The second-order valence-corrected chi connectivity index (χ2v) is 20.0. The van der Waals surface area contributed by atoms with Crippen molar-refractivity contribution in [3.63, 3.8) is 0 Å². The van der Waals surface area contributed by atoms with Crippen molar-refractivity contribution >= 4 is 93.8 Å². The fourth-order valence-corrected chi connectivity index (χ4v) is 6.85. The van der Waals surface area contributed by atoms with Crippen LogP contribution in [-0.2, 0) is 29.6 Å². The van der Waals surface area contributed by atoms with E-state index in [0.29, 0.717) is 45.0 Å². The number of benzene rings is 2. The number of halogens is 2. The van der Waals surface area contributed by atoms with Crippen molar-refractivity contribution in [3.05, 3.63) is 94.8 Å². The minimum atomic E-state index is -3.65. The molecule has 360 valence electrons. The first-order chi connectivity index (χ1) is 30.6. The quantitative estimate of drug-likeness (QED) is 0.0669. The van der Waals surface area contributed by atoms with Crippen LogP contribution in [0.4, 0.5) is 20.7 Å². The number of rotatable bonds is 20. The maximum absolute atomic E-state index is 13.5. The van der Waals surface area contributed by atoms with Gasteiger partial charge in [0, 0.05) is 49.2 Å². The number of hydrogen-bond acceptors (Lipinski definition) is 14. The number of aliphatic hydroxyl groups is 4. The molecular formula is C44H56CaF2N6O12S2+2. The van der Waals surface area contributed by atoms with Gasteiger partial charge in [0.2, 0.25) is 31.9 Å². The number of anilines is 2. The Hall–Kier alpha value is -4.52. The van der Waals surface area contributed by atoms with Crippen LogP contribution in [0.2, 0.25) is 0 Å². The molecule has 2 heterocycles. The van der Waals surface area contributed by atoms with Gasteiger partial charge in [0.25, 0.3) is 0 Å².